The molecule has 1 amide bonds. The van der Waals surface area contributed by atoms with Crippen molar-refractivity contribution in [2.45, 2.75) is 30.7 Å². The van der Waals surface area contributed by atoms with Crippen molar-refractivity contribution in [2.24, 2.45) is 5.92 Å². The molecule has 2 aliphatic rings. The highest BCUT2D eigenvalue weighted by molar-refractivity contribution is 5.82. The van der Waals surface area contributed by atoms with Gasteiger partial charge in [0.2, 0.25) is 11.9 Å². The van der Waals surface area contributed by atoms with E-state index in [0.29, 0.717) is 26.2 Å². The number of benzene rings is 1. The Morgan fingerprint density at radius 3 is 2.58 bits per heavy atom. The minimum atomic E-state index is -0.711. The normalized spacial score (nSPS) is 24.9. The van der Waals surface area contributed by atoms with E-state index in [4.69, 9.17) is 9.47 Å². The number of carbonyl (C=O) groups is 1. The van der Waals surface area contributed by atoms with Gasteiger partial charge in [-0.2, -0.15) is 0 Å². The first kappa shape index (κ1) is 16.7. The van der Waals surface area contributed by atoms with Crippen molar-refractivity contribution in [3.63, 3.8) is 0 Å². The van der Waals surface area contributed by atoms with Gasteiger partial charge in [-0.15, -0.1) is 0 Å². The van der Waals surface area contributed by atoms with Crippen LogP contribution < -0.4 is 10.1 Å². The molecule has 0 spiro atoms. The van der Waals surface area contributed by atoms with Crippen molar-refractivity contribution >= 4 is 5.91 Å². The fourth-order valence-electron chi connectivity index (χ4n) is 3.36. The van der Waals surface area contributed by atoms with Crippen molar-refractivity contribution in [3.05, 3.63) is 39.9 Å². The number of hydrogen-bond acceptors (Lipinski definition) is 5. The van der Waals surface area contributed by atoms with Gasteiger partial charge in [0, 0.05) is 36.5 Å². The van der Waals surface area contributed by atoms with Crippen LogP contribution in [0.2, 0.25) is 0 Å². The molecule has 2 atom stereocenters. The second kappa shape index (κ2) is 6.76. The summed E-state index contributed by atoms with van der Waals surface area (Å²) in [7, 11) is 1.63. The highest BCUT2D eigenvalue weighted by Gasteiger charge is 2.53. The van der Waals surface area contributed by atoms with Gasteiger partial charge >= 0.3 is 0 Å². The molecule has 130 valence electrons. The Hall–Kier alpha value is -2.15. The Bertz CT molecular complexity index is 610. The largest absolute Gasteiger partial charge is 0.497 e. The number of rotatable bonds is 6. The van der Waals surface area contributed by atoms with E-state index in [9.17, 15) is 14.9 Å². The number of hydrogen-bond donors (Lipinski definition) is 1. The lowest BCUT2D eigenvalue weighted by atomic mass is 9.74. The number of nitrogens with zero attached hydrogens (tertiary/aromatic N) is 1. The summed E-state index contributed by atoms with van der Waals surface area (Å²) in [4.78, 5) is 22.5. The third-order valence-corrected chi connectivity index (χ3v) is 5.12. The van der Waals surface area contributed by atoms with Gasteiger partial charge in [-0.1, -0.05) is 12.1 Å². The van der Waals surface area contributed by atoms with Crippen LogP contribution in [0.1, 0.15) is 24.8 Å². The lowest BCUT2D eigenvalue weighted by molar-refractivity contribution is -0.497. The summed E-state index contributed by atoms with van der Waals surface area (Å²) >= 11 is 0. The summed E-state index contributed by atoms with van der Waals surface area (Å²) < 4.78 is 10.7. The van der Waals surface area contributed by atoms with Crippen LogP contribution in [0.15, 0.2) is 24.3 Å². The molecule has 0 bridgehead atoms. The van der Waals surface area contributed by atoms with Crippen LogP contribution in [0.3, 0.4) is 0 Å². The fourth-order valence-corrected chi connectivity index (χ4v) is 3.36. The second-order valence-corrected chi connectivity index (χ2v) is 6.53. The van der Waals surface area contributed by atoms with E-state index in [2.05, 4.69) is 5.32 Å². The second-order valence-electron chi connectivity index (χ2n) is 6.53. The van der Waals surface area contributed by atoms with Crippen LogP contribution in [0, 0.1) is 16.0 Å². The van der Waals surface area contributed by atoms with Gasteiger partial charge in [-0.3, -0.25) is 14.9 Å². The fraction of sp³-hybridized carbons (Fsp3) is 0.588. The zero-order chi connectivity index (χ0) is 17.2. The first-order valence-electron chi connectivity index (χ1n) is 8.19. The van der Waals surface area contributed by atoms with Gasteiger partial charge in [-0.25, -0.2) is 0 Å². The van der Waals surface area contributed by atoms with Crippen LogP contribution in [0.5, 0.6) is 5.75 Å². The summed E-state index contributed by atoms with van der Waals surface area (Å²) in [5, 5.41) is 13.7. The third kappa shape index (κ3) is 3.36. The van der Waals surface area contributed by atoms with Crippen molar-refractivity contribution < 1.29 is 19.2 Å². The summed E-state index contributed by atoms with van der Waals surface area (Å²) in [5.74, 6) is 0.0978. The van der Waals surface area contributed by atoms with E-state index in [1.54, 1.807) is 7.11 Å². The number of methoxy groups -OCH3 is 1. The highest BCUT2D eigenvalue weighted by Crippen LogP contribution is 2.37. The van der Waals surface area contributed by atoms with Gasteiger partial charge in [0.25, 0.3) is 0 Å². The Balaban J connectivity index is 1.69. The van der Waals surface area contributed by atoms with Gasteiger partial charge in [0.15, 0.2) is 0 Å². The number of ether oxygens (including phenoxy) is 2. The molecule has 0 aromatic heterocycles. The molecule has 3 rings (SSSR count). The Kier molecular flexibility index (Phi) is 4.71. The summed E-state index contributed by atoms with van der Waals surface area (Å²) in [6.07, 6.45) is 1.96. The molecule has 2 fully saturated rings. The monoisotopic (exact) mass is 334 g/mol. The average molecular weight is 334 g/mol. The third-order valence-electron chi connectivity index (χ3n) is 5.12. The van der Waals surface area contributed by atoms with E-state index in [1.807, 2.05) is 24.3 Å². The molecule has 0 unspecified atom stereocenters. The lowest BCUT2D eigenvalue weighted by Crippen LogP contribution is -2.45. The minimum Gasteiger partial charge on any atom is -0.497 e. The highest BCUT2D eigenvalue weighted by atomic mass is 16.6. The van der Waals surface area contributed by atoms with Crippen LogP contribution in [0.4, 0.5) is 0 Å². The average Bonchev–Trinajstić information content (AvgIpc) is 3.42. The first-order chi connectivity index (χ1) is 11.6. The van der Waals surface area contributed by atoms with E-state index >= 15 is 0 Å². The molecule has 1 N–H and O–H groups in total. The van der Waals surface area contributed by atoms with E-state index in [-0.39, 0.29) is 16.2 Å². The topological polar surface area (TPSA) is 90.7 Å². The predicted octanol–water partition coefficient (Wildman–Crippen LogP) is 1.52. The van der Waals surface area contributed by atoms with Crippen LogP contribution in [0.25, 0.3) is 0 Å². The van der Waals surface area contributed by atoms with Gasteiger partial charge < -0.3 is 14.8 Å². The summed E-state index contributed by atoms with van der Waals surface area (Å²) in [5.41, 5.74) is 0.938. The zero-order valence-electron chi connectivity index (χ0n) is 13.7. The number of nitrogens with one attached hydrogen (secondary N) is 1. The smallest absolute Gasteiger partial charge is 0.230 e. The molecule has 1 aromatic carbocycles. The molecule has 1 aromatic rings. The Labute approximate surface area is 140 Å². The van der Waals surface area contributed by atoms with Crippen LogP contribution in [-0.4, -0.2) is 43.7 Å². The molecular weight excluding hydrogens is 312 g/mol. The molecule has 1 aliphatic heterocycles. The molecule has 7 nitrogen and oxygen atoms in total. The van der Waals surface area contributed by atoms with Crippen LogP contribution in [-0.2, 0) is 14.9 Å². The molecule has 0 radical (unpaired) electrons. The zero-order valence-corrected chi connectivity index (χ0v) is 13.7. The maximum Gasteiger partial charge on any atom is 0.230 e. The van der Waals surface area contributed by atoms with Crippen LogP contribution >= 0.6 is 0 Å². The standard InChI is InChI=1S/C17H22N2O5/c1-23-13-4-2-12(3-5-13)17(6-8-24-9-7-17)11-18-16(20)14-10-15(14)19(21)22/h2-5,14-15H,6-11H2,1H3,(H,18,20)/t14-,15-/m0/s1. The summed E-state index contributed by atoms with van der Waals surface area (Å²) in [6, 6.07) is 7.16. The lowest BCUT2D eigenvalue weighted by Gasteiger charge is -2.38. The maximum atomic E-state index is 12.2. The number of carbonyl (C=O) groups excluding carboxylic acids is 1. The maximum absolute atomic E-state index is 12.2. The molecule has 1 heterocycles. The van der Waals surface area contributed by atoms with Gasteiger partial charge in [-0.05, 0) is 30.5 Å². The number of nitro groups is 1. The molecule has 7 heteroatoms. The van der Waals surface area contributed by atoms with Crippen molar-refractivity contribution in [1.82, 2.24) is 5.32 Å². The SMILES string of the molecule is COc1ccc(C2(CNC(=O)[C@H]3C[C@@H]3[N+](=O)[O-])CCOCC2)cc1. The minimum absolute atomic E-state index is 0.195. The molecular formula is C17H22N2O5. The Morgan fingerprint density at radius 1 is 1.38 bits per heavy atom. The van der Waals surface area contributed by atoms with E-state index < -0.39 is 12.0 Å². The Morgan fingerprint density at radius 2 is 2.04 bits per heavy atom. The van der Waals surface area contributed by atoms with Crippen molar-refractivity contribution in [3.8, 4) is 5.75 Å². The number of amides is 1. The predicted molar refractivity (Wildman–Crippen MR) is 86.6 cm³/mol. The van der Waals surface area contributed by atoms with E-state index in [0.717, 1.165) is 24.2 Å². The molecule has 1 saturated carbocycles. The van der Waals surface area contributed by atoms with E-state index in [1.165, 1.54) is 0 Å². The molecule has 1 aliphatic carbocycles. The van der Waals surface area contributed by atoms with Crippen molar-refractivity contribution in [1.29, 1.82) is 0 Å². The van der Waals surface area contributed by atoms with Gasteiger partial charge in [0.1, 0.15) is 11.7 Å². The van der Waals surface area contributed by atoms with Crippen molar-refractivity contribution in [2.75, 3.05) is 26.9 Å². The quantitative estimate of drug-likeness (QED) is 0.629. The molecule has 24 heavy (non-hydrogen) atoms. The van der Waals surface area contributed by atoms with Gasteiger partial charge in [0.05, 0.1) is 7.11 Å². The summed E-state index contributed by atoms with van der Waals surface area (Å²) in [6.45, 7) is 1.76. The first-order valence-corrected chi connectivity index (χ1v) is 8.19. The molecule has 1 saturated heterocycles.